The molecule has 0 aliphatic carbocycles. The summed E-state index contributed by atoms with van der Waals surface area (Å²) >= 11 is 0. The summed E-state index contributed by atoms with van der Waals surface area (Å²) in [5, 5.41) is 8.40. The number of nitrogens with zero attached hydrogens (tertiary/aromatic N) is 3. The van der Waals surface area contributed by atoms with E-state index in [1.807, 2.05) is 30.9 Å². The molecule has 2 aliphatic rings. The zero-order valence-corrected chi connectivity index (χ0v) is 15.2. The van der Waals surface area contributed by atoms with E-state index < -0.39 is 5.60 Å². The Hall–Kier alpha value is -2.44. The van der Waals surface area contributed by atoms with Crippen LogP contribution in [-0.4, -0.2) is 50.6 Å². The molecular weight excluding hydrogens is 332 g/mol. The molecule has 1 amide bonds. The summed E-state index contributed by atoms with van der Waals surface area (Å²) in [5.41, 5.74) is 1.29. The van der Waals surface area contributed by atoms with E-state index in [1.54, 1.807) is 6.20 Å². The second-order valence-electron chi connectivity index (χ2n) is 7.98. The van der Waals surface area contributed by atoms with Gasteiger partial charge in [0.2, 0.25) is 5.91 Å². The first-order chi connectivity index (χ1) is 12.4. The average Bonchev–Trinajstić information content (AvgIpc) is 3.15. The van der Waals surface area contributed by atoms with Crippen molar-refractivity contribution in [1.82, 2.24) is 20.1 Å². The van der Waals surface area contributed by atoms with Crippen molar-refractivity contribution in [3.63, 3.8) is 0 Å². The lowest BCUT2D eigenvalue weighted by Gasteiger charge is -2.33. The smallest absolute Gasteiger partial charge is 0.310 e. The van der Waals surface area contributed by atoms with E-state index in [0.717, 1.165) is 30.5 Å². The molecule has 7 heteroatoms. The van der Waals surface area contributed by atoms with Crippen molar-refractivity contribution in [3.8, 4) is 0 Å². The molecule has 0 spiro atoms. The molecule has 0 unspecified atom stereocenters. The number of hydrogen-bond acceptors (Lipinski definition) is 5. The molecule has 0 saturated carbocycles. The van der Waals surface area contributed by atoms with Gasteiger partial charge in [-0.05, 0) is 38.8 Å². The standard InChI is InChI=1S/C19H24N4O3/c1-19(2)10-13(18(25)26-19)9-15(24)23-8-4-5-12(11-23)16-14-6-3-7-20-17(14)22-21-16/h3,6-7,12-13H,4-5,8-11H2,1-2H3,(H,20,21,22)/t12-,13-/m0/s1. The monoisotopic (exact) mass is 356 g/mol. The van der Waals surface area contributed by atoms with Gasteiger partial charge in [0.05, 0.1) is 5.92 Å². The lowest BCUT2D eigenvalue weighted by Crippen LogP contribution is -2.40. The molecule has 4 heterocycles. The number of aromatic amines is 1. The molecule has 0 aromatic carbocycles. The summed E-state index contributed by atoms with van der Waals surface area (Å²) in [6, 6.07) is 3.92. The number of esters is 1. The van der Waals surface area contributed by atoms with Gasteiger partial charge in [-0.3, -0.25) is 14.7 Å². The van der Waals surface area contributed by atoms with Gasteiger partial charge in [-0.2, -0.15) is 5.10 Å². The predicted molar refractivity (Wildman–Crippen MR) is 95.3 cm³/mol. The summed E-state index contributed by atoms with van der Waals surface area (Å²) in [5.74, 6) is -0.317. The molecule has 2 fully saturated rings. The van der Waals surface area contributed by atoms with Gasteiger partial charge in [-0.1, -0.05) is 0 Å². The highest BCUT2D eigenvalue weighted by atomic mass is 16.6. The van der Waals surface area contributed by atoms with E-state index in [9.17, 15) is 9.59 Å². The molecule has 0 bridgehead atoms. The third kappa shape index (κ3) is 3.18. The largest absolute Gasteiger partial charge is 0.459 e. The zero-order valence-electron chi connectivity index (χ0n) is 15.2. The molecule has 1 N–H and O–H groups in total. The molecule has 26 heavy (non-hydrogen) atoms. The fraction of sp³-hybridized carbons (Fsp3) is 0.579. The number of cyclic esters (lactones) is 1. The van der Waals surface area contributed by atoms with Crippen molar-refractivity contribution in [3.05, 3.63) is 24.0 Å². The topological polar surface area (TPSA) is 88.2 Å². The third-order valence-corrected chi connectivity index (χ3v) is 5.41. The van der Waals surface area contributed by atoms with Crippen molar-refractivity contribution >= 4 is 22.9 Å². The fourth-order valence-electron chi connectivity index (χ4n) is 4.19. The molecule has 2 atom stereocenters. The van der Waals surface area contributed by atoms with Crippen molar-refractivity contribution < 1.29 is 14.3 Å². The third-order valence-electron chi connectivity index (χ3n) is 5.41. The van der Waals surface area contributed by atoms with Gasteiger partial charge in [0.1, 0.15) is 5.60 Å². The Balaban J connectivity index is 1.45. The maximum Gasteiger partial charge on any atom is 0.310 e. The summed E-state index contributed by atoms with van der Waals surface area (Å²) in [6.45, 7) is 5.17. The normalized spacial score (nSPS) is 25.5. The molecule has 2 aromatic heterocycles. The zero-order chi connectivity index (χ0) is 18.3. The number of aromatic nitrogens is 3. The van der Waals surface area contributed by atoms with Crippen molar-refractivity contribution in [2.24, 2.45) is 5.92 Å². The van der Waals surface area contributed by atoms with Crippen LogP contribution in [0.15, 0.2) is 18.3 Å². The maximum absolute atomic E-state index is 12.8. The van der Waals surface area contributed by atoms with Gasteiger partial charge in [0.25, 0.3) is 0 Å². The number of rotatable bonds is 3. The molecule has 138 valence electrons. The molecule has 7 nitrogen and oxygen atoms in total. The van der Waals surface area contributed by atoms with Crippen LogP contribution >= 0.6 is 0 Å². The number of fused-ring (bicyclic) bond motifs is 1. The van der Waals surface area contributed by atoms with Gasteiger partial charge in [-0.25, -0.2) is 4.98 Å². The number of hydrogen-bond donors (Lipinski definition) is 1. The number of carbonyl (C=O) groups is 2. The van der Waals surface area contributed by atoms with Gasteiger partial charge in [0, 0.05) is 49.1 Å². The van der Waals surface area contributed by atoms with Crippen LogP contribution in [0.3, 0.4) is 0 Å². The van der Waals surface area contributed by atoms with Crippen LogP contribution < -0.4 is 0 Å². The second-order valence-corrected chi connectivity index (χ2v) is 7.98. The molecular formula is C19H24N4O3. The highest BCUT2D eigenvalue weighted by Gasteiger charge is 2.41. The second kappa shape index (κ2) is 6.37. The maximum atomic E-state index is 12.8. The first-order valence-corrected chi connectivity index (χ1v) is 9.22. The number of pyridine rings is 1. The Morgan fingerprint density at radius 2 is 2.31 bits per heavy atom. The molecule has 2 aliphatic heterocycles. The number of nitrogens with one attached hydrogen (secondary N) is 1. The van der Waals surface area contributed by atoms with E-state index >= 15 is 0 Å². The van der Waals surface area contributed by atoms with Gasteiger partial charge in [0.15, 0.2) is 5.65 Å². The minimum atomic E-state index is -0.464. The Bertz CT molecular complexity index is 844. The van der Waals surface area contributed by atoms with Crippen molar-refractivity contribution in [2.75, 3.05) is 13.1 Å². The molecule has 4 rings (SSSR count). The lowest BCUT2D eigenvalue weighted by atomic mass is 9.91. The minimum absolute atomic E-state index is 0.0382. The molecule has 0 radical (unpaired) electrons. The van der Waals surface area contributed by atoms with Crippen LogP contribution in [0, 0.1) is 5.92 Å². The minimum Gasteiger partial charge on any atom is -0.459 e. The van der Waals surface area contributed by atoms with E-state index in [-0.39, 0.29) is 30.1 Å². The predicted octanol–water partition coefficient (Wildman–Crippen LogP) is 2.40. The quantitative estimate of drug-likeness (QED) is 0.853. The van der Waals surface area contributed by atoms with Gasteiger partial charge >= 0.3 is 5.97 Å². The number of carbonyl (C=O) groups excluding carboxylic acids is 2. The van der Waals surface area contributed by atoms with E-state index in [4.69, 9.17) is 4.74 Å². The number of amides is 1. The number of piperidine rings is 1. The van der Waals surface area contributed by atoms with Crippen LogP contribution in [0.2, 0.25) is 0 Å². The summed E-state index contributed by atoms with van der Waals surface area (Å²) in [6.07, 6.45) is 4.52. The van der Waals surface area contributed by atoms with Crippen LogP contribution in [0.1, 0.15) is 51.1 Å². The summed E-state index contributed by atoms with van der Waals surface area (Å²) < 4.78 is 5.35. The lowest BCUT2D eigenvalue weighted by molar-refractivity contribution is -0.150. The van der Waals surface area contributed by atoms with Crippen molar-refractivity contribution in [1.29, 1.82) is 0 Å². The Morgan fingerprint density at radius 3 is 3.08 bits per heavy atom. The van der Waals surface area contributed by atoms with Crippen LogP contribution in [0.5, 0.6) is 0 Å². The molecule has 2 aromatic rings. The Kier molecular flexibility index (Phi) is 4.17. The Labute approximate surface area is 152 Å². The SMILES string of the molecule is CC1(C)C[C@H](CC(=O)N2CCC[C@H](c3[nH]nc4ncccc34)C2)C(=O)O1. The number of likely N-dealkylation sites (tertiary alicyclic amines) is 1. The summed E-state index contributed by atoms with van der Waals surface area (Å²) in [7, 11) is 0. The van der Waals surface area contributed by atoms with E-state index in [1.165, 1.54) is 0 Å². The first-order valence-electron chi connectivity index (χ1n) is 9.22. The highest BCUT2D eigenvalue weighted by molar-refractivity contribution is 5.84. The van der Waals surface area contributed by atoms with Crippen molar-refractivity contribution in [2.45, 2.75) is 51.0 Å². The van der Waals surface area contributed by atoms with Crippen LogP contribution in [-0.2, 0) is 14.3 Å². The molecule has 2 saturated heterocycles. The van der Waals surface area contributed by atoms with Crippen LogP contribution in [0.25, 0.3) is 11.0 Å². The van der Waals surface area contributed by atoms with E-state index in [2.05, 4.69) is 15.2 Å². The first kappa shape index (κ1) is 17.0. The number of ether oxygens (including phenoxy) is 1. The fourth-order valence-corrected chi connectivity index (χ4v) is 4.19. The van der Waals surface area contributed by atoms with Crippen LogP contribution in [0.4, 0.5) is 0 Å². The van der Waals surface area contributed by atoms with E-state index in [0.29, 0.717) is 18.6 Å². The van der Waals surface area contributed by atoms with Gasteiger partial charge in [-0.15, -0.1) is 0 Å². The number of H-pyrrole nitrogens is 1. The highest BCUT2D eigenvalue weighted by Crippen LogP contribution is 2.34. The summed E-state index contributed by atoms with van der Waals surface area (Å²) in [4.78, 5) is 30.9. The van der Waals surface area contributed by atoms with Gasteiger partial charge < -0.3 is 9.64 Å². The average molecular weight is 356 g/mol. The Morgan fingerprint density at radius 1 is 1.46 bits per heavy atom.